The van der Waals surface area contributed by atoms with Crippen LogP contribution in [0.25, 0.3) is 12.2 Å². The fraction of sp³-hybridized carbons (Fsp3) is 0.238. The van der Waals surface area contributed by atoms with Gasteiger partial charge >= 0.3 is 0 Å². The number of hydrogen-bond acceptors (Lipinski definition) is 4. The summed E-state index contributed by atoms with van der Waals surface area (Å²) in [6, 6.07) is 16.1. The average Bonchev–Trinajstić information content (AvgIpc) is 2.67. The zero-order valence-corrected chi connectivity index (χ0v) is 14.4. The van der Waals surface area contributed by atoms with Crippen molar-refractivity contribution in [2.75, 3.05) is 13.2 Å². The Hall–Kier alpha value is -2.24. The van der Waals surface area contributed by atoms with E-state index in [4.69, 9.17) is 20.2 Å². The summed E-state index contributed by atoms with van der Waals surface area (Å²) in [4.78, 5) is 4.73. The molecule has 0 aliphatic rings. The highest BCUT2D eigenvalue weighted by atomic mass is 16.6. The summed E-state index contributed by atoms with van der Waals surface area (Å²) in [5, 5.41) is 0. The number of rotatable bonds is 11. The molecule has 2 aromatic rings. The second kappa shape index (κ2) is 10.6. The van der Waals surface area contributed by atoms with E-state index in [-0.39, 0.29) is 12.7 Å². The molecule has 0 saturated heterocycles. The second-order valence-corrected chi connectivity index (χ2v) is 5.67. The van der Waals surface area contributed by atoms with Crippen molar-refractivity contribution in [3.05, 3.63) is 83.9 Å². The molecule has 0 aliphatic heterocycles. The molecule has 0 heterocycles. The Kier molecular flexibility index (Phi) is 8.09. The Morgan fingerprint density at radius 3 is 1.80 bits per heavy atom. The Labute approximate surface area is 149 Å². The lowest BCUT2D eigenvalue weighted by Gasteiger charge is -2.17. The van der Waals surface area contributed by atoms with E-state index < -0.39 is 0 Å². The van der Waals surface area contributed by atoms with Crippen molar-refractivity contribution in [3.63, 3.8) is 0 Å². The van der Waals surface area contributed by atoms with Crippen molar-refractivity contribution in [2.24, 2.45) is 5.90 Å². The number of nitrogens with two attached hydrogens (primary N) is 1. The van der Waals surface area contributed by atoms with Crippen LogP contribution in [0.15, 0.2) is 61.7 Å². The summed E-state index contributed by atoms with van der Waals surface area (Å²) >= 11 is 0. The molecule has 0 radical (unpaired) electrons. The molecule has 1 atom stereocenters. The summed E-state index contributed by atoms with van der Waals surface area (Å²) in [7, 11) is 0. The summed E-state index contributed by atoms with van der Waals surface area (Å²) in [6.07, 6.45) is 3.40. The van der Waals surface area contributed by atoms with Gasteiger partial charge in [-0.3, -0.25) is 0 Å². The Morgan fingerprint density at radius 2 is 1.32 bits per heavy atom. The van der Waals surface area contributed by atoms with E-state index in [9.17, 15) is 0 Å². The third-order valence-corrected chi connectivity index (χ3v) is 3.77. The van der Waals surface area contributed by atoms with E-state index in [0.717, 1.165) is 22.3 Å². The zero-order chi connectivity index (χ0) is 17.9. The van der Waals surface area contributed by atoms with Crippen LogP contribution in [-0.2, 0) is 27.5 Å². The van der Waals surface area contributed by atoms with Crippen LogP contribution in [-0.4, -0.2) is 19.3 Å². The Balaban J connectivity index is 1.78. The number of ether oxygens (including phenoxy) is 2. The standard InChI is InChI=1S/C21H25NO3/c1-3-17-5-9-19(10-6-17)13-23-15-21(16-25-22)24-14-20-11-7-18(4-2)8-12-20/h3-12,21H,1-2,13-16,22H2. The van der Waals surface area contributed by atoms with E-state index in [2.05, 4.69) is 13.2 Å². The highest BCUT2D eigenvalue weighted by Gasteiger charge is 2.10. The number of benzene rings is 2. The largest absolute Gasteiger partial charge is 0.374 e. The van der Waals surface area contributed by atoms with Gasteiger partial charge in [0.25, 0.3) is 0 Å². The van der Waals surface area contributed by atoms with Gasteiger partial charge in [-0.15, -0.1) is 0 Å². The van der Waals surface area contributed by atoms with Crippen molar-refractivity contribution in [2.45, 2.75) is 19.3 Å². The van der Waals surface area contributed by atoms with Gasteiger partial charge in [0.15, 0.2) is 0 Å². The molecule has 4 nitrogen and oxygen atoms in total. The Morgan fingerprint density at radius 1 is 0.800 bits per heavy atom. The minimum atomic E-state index is -0.225. The molecule has 0 saturated carbocycles. The van der Waals surface area contributed by atoms with Crippen LogP contribution < -0.4 is 5.90 Å². The maximum absolute atomic E-state index is 5.85. The lowest BCUT2D eigenvalue weighted by Crippen LogP contribution is -2.27. The van der Waals surface area contributed by atoms with Gasteiger partial charge in [-0.2, -0.15) is 0 Å². The van der Waals surface area contributed by atoms with Gasteiger partial charge in [0, 0.05) is 0 Å². The van der Waals surface area contributed by atoms with E-state index >= 15 is 0 Å². The highest BCUT2D eigenvalue weighted by molar-refractivity contribution is 5.47. The maximum atomic E-state index is 5.85. The summed E-state index contributed by atoms with van der Waals surface area (Å²) in [5.41, 5.74) is 4.34. The van der Waals surface area contributed by atoms with Crippen LogP contribution in [0.5, 0.6) is 0 Å². The molecule has 0 spiro atoms. The third kappa shape index (κ3) is 6.64. The molecule has 0 aromatic heterocycles. The monoisotopic (exact) mass is 339 g/mol. The van der Waals surface area contributed by atoms with Crippen LogP contribution in [0.2, 0.25) is 0 Å². The molecule has 0 bridgehead atoms. The second-order valence-electron chi connectivity index (χ2n) is 5.67. The van der Waals surface area contributed by atoms with Crippen molar-refractivity contribution in [3.8, 4) is 0 Å². The summed E-state index contributed by atoms with van der Waals surface area (Å²) in [6.45, 7) is 9.16. The topological polar surface area (TPSA) is 53.7 Å². The van der Waals surface area contributed by atoms with Crippen molar-refractivity contribution in [1.29, 1.82) is 0 Å². The quantitative estimate of drug-likeness (QED) is 0.630. The van der Waals surface area contributed by atoms with E-state index in [1.165, 1.54) is 0 Å². The van der Waals surface area contributed by atoms with Crippen molar-refractivity contribution in [1.82, 2.24) is 0 Å². The lowest BCUT2D eigenvalue weighted by molar-refractivity contribution is -0.0705. The first kappa shape index (κ1) is 19.1. The first-order valence-electron chi connectivity index (χ1n) is 8.19. The van der Waals surface area contributed by atoms with Crippen LogP contribution in [0.1, 0.15) is 22.3 Å². The molecule has 0 fully saturated rings. The molecule has 25 heavy (non-hydrogen) atoms. The average molecular weight is 339 g/mol. The smallest absolute Gasteiger partial charge is 0.107 e. The molecular formula is C21H25NO3. The van der Waals surface area contributed by atoms with Gasteiger partial charge in [0.1, 0.15) is 6.10 Å². The maximum Gasteiger partial charge on any atom is 0.107 e. The molecular weight excluding hydrogens is 314 g/mol. The first-order valence-corrected chi connectivity index (χ1v) is 8.19. The van der Waals surface area contributed by atoms with Gasteiger partial charge < -0.3 is 14.3 Å². The summed E-state index contributed by atoms with van der Waals surface area (Å²) in [5.74, 6) is 5.20. The molecule has 132 valence electrons. The molecule has 2 N–H and O–H groups in total. The molecule has 0 aliphatic carbocycles. The highest BCUT2D eigenvalue weighted by Crippen LogP contribution is 2.10. The van der Waals surface area contributed by atoms with E-state index in [1.54, 1.807) is 0 Å². The van der Waals surface area contributed by atoms with Crippen LogP contribution in [0.4, 0.5) is 0 Å². The molecule has 2 aromatic carbocycles. The fourth-order valence-electron chi connectivity index (χ4n) is 2.27. The SMILES string of the molecule is C=Cc1ccc(COCC(CON)OCc2ccc(C=C)cc2)cc1. The summed E-state index contributed by atoms with van der Waals surface area (Å²) < 4.78 is 11.6. The predicted molar refractivity (Wildman–Crippen MR) is 101 cm³/mol. The Bertz CT molecular complexity index is 650. The van der Waals surface area contributed by atoms with Crippen LogP contribution in [0.3, 0.4) is 0 Å². The van der Waals surface area contributed by atoms with Gasteiger partial charge in [0.2, 0.25) is 0 Å². The fourth-order valence-corrected chi connectivity index (χ4v) is 2.27. The minimum Gasteiger partial charge on any atom is -0.374 e. The van der Waals surface area contributed by atoms with Gasteiger partial charge in [0.05, 0.1) is 26.4 Å². The van der Waals surface area contributed by atoms with Crippen molar-refractivity contribution < 1.29 is 14.3 Å². The molecule has 1 unspecified atom stereocenters. The van der Waals surface area contributed by atoms with Crippen LogP contribution >= 0.6 is 0 Å². The predicted octanol–water partition coefficient (Wildman–Crippen LogP) is 3.96. The van der Waals surface area contributed by atoms with Gasteiger partial charge in [-0.05, 0) is 22.3 Å². The third-order valence-electron chi connectivity index (χ3n) is 3.77. The van der Waals surface area contributed by atoms with Crippen LogP contribution in [0, 0.1) is 0 Å². The normalized spacial score (nSPS) is 11.9. The van der Waals surface area contributed by atoms with E-state index in [1.807, 2.05) is 60.7 Å². The molecule has 2 rings (SSSR count). The van der Waals surface area contributed by atoms with Crippen molar-refractivity contribution >= 4 is 12.2 Å². The molecule has 0 amide bonds. The lowest BCUT2D eigenvalue weighted by atomic mass is 10.1. The van der Waals surface area contributed by atoms with Gasteiger partial charge in [-0.25, -0.2) is 5.90 Å². The van der Waals surface area contributed by atoms with Gasteiger partial charge in [-0.1, -0.05) is 73.8 Å². The van der Waals surface area contributed by atoms with E-state index in [0.29, 0.717) is 19.8 Å². The number of hydrogen-bond donors (Lipinski definition) is 1. The minimum absolute atomic E-state index is 0.225. The molecule has 4 heteroatoms. The first-order chi connectivity index (χ1) is 12.2. The zero-order valence-electron chi connectivity index (χ0n) is 14.4.